The van der Waals surface area contributed by atoms with E-state index in [0.29, 0.717) is 11.8 Å². The van der Waals surface area contributed by atoms with Crippen LogP contribution in [-0.4, -0.2) is 85.1 Å². The lowest BCUT2D eigenvalue weighted by Crippen LogP contribution is -2.43. The quantitative estimate of drug-likeness (QED) is 0.725. The van der Waals surface area contributed by atoms with Gasteiger partial charge in [0.1, 0.15) is 12.5 Å². The van der Waals surface area contributed by atoms with Gasteiger partial charge in [0, 0.05) is 26.2 Å². The third kappa shape index (κ3) is 3.63. The molecule has 6 heteroatoms. The van der Waals surface area contributed by atoms with Gasteiger partial charge in [0.25, 0.3) is 0 Å². The molecular formula is C16H30N2O4. The van der Waals surface area contributed by atoms with Gasteiger partial charge < -0.3 is 19.7 Å². The number of ether oxygens (including phenoxy) is 2. The van der Waals surface area contributed by atoms with Crippen molar-refractivity contribution in [1.82, 2.24) is 9.80 Å². The van der Waals surface area contributed by atoms with Gasteiger partial charge >= 0.3 is 0 Å². The molecule has 2 unspecified atom stereocenters. The van der Waals surface area contributed by atoms with E-state index in [-0.39, 0.29) is 25.7 Å². The summed E-state index contributed by atoms with van der Waals surface area (Å²) in [5, 5.41) is 18.3. The van der Waals surface area contributed by atoms with E-state index in [4.69, 9.17) is 19.7 Å². The normalized spacial score (nSPS) is 37.9. The van der Waals surface area contributed by atoms with Gasteiger partial charge in [0.2, 0.25) is 0 Å². The molecule has 6 nitrogen and oxygen atoms in total. The number of hydrogen-bond donors (Lipinski definition) is 2. The predicted octanol–water partition coefficient (Wildman–Crippen LogP) is 0.0940. The first-order valence-electron chi connectivity index (χ1n) is 8.76. The van der Waals surface area contributed by atoms with E-state index < -0.39 is 0 Å². The van der Waals surface area contributed by atoms with E-state index in [1.165, 1.54) is 25.7 Å². The highest BCUT2D eigenvalue weighted by molar-refractivity contribution is 4.86. The zero-order valence-electron chi connectivity index (χ0n) is 13.4. The molecule has 128 valence electrons. The van der Waals surface area contributed by atoms with Gasteiger partial charge in [-0.15, -0.1) is 0 Å². The standard InChI is InChI=1S/C16H30N2O4/c19-9-5-17-7-11-21-15(17)13-1-2-14(4-3-13)16-18(6-10-20)8-12-22-16/h13-16,19-20H,1-12H2. The molecule has 3 fully saturated rings. The van der Waals surface area contributed by atoms with Crippen molar-refractivity contribution in [1.29, 1.82) is 0 Å². The Morgan fingerprint density at radius 1 is 0.727 bits per heavy atom. The van der Waals surface area contributed by atoms with Gasteiger partial charge in [-0.2, -0.15) is 0 Å². The Labute approximate surface area is 133 Å². The molecular weight excluding hydrogens is 284 g/mol. The van der Waals surface area contributed by atoms with Crippen LogP contribution in [0.2, 0.25) is 0 Å². The smallest absolute Gasteiger partial charge is 0.113 e. The number of aliphatic hydroxyl groups is 2. The molecule has 1 saturated carbocycles. The van der Waals surface area contributed by atoms with Crippen LogP contribution in [0, 0.1) is 11.8 Å². The molecule has 0 aromatic carbocycles. The summed E-state index contributed by atoms with van der Waals surface area (Å²) in [7, 11) is 0. The molecule has 0 aromatic heterocycles. The molecule has 1 aliphatic carbocycles. The summed E-state index contributed by atoms with van der Waals surface area (Å²) in [4.78, 5) is 4.57. The minimum Gasteiger partial charge on any atom is -0.395 e. The van der Waals surface area contributed by atoms with E-state index in [2.05, 4.69) is 9.80 Å². The fraction of sp³-hybridized carbons (Fsp3) is 1.00. The monoisotopic (exact) mass is 314 g/mol. The van der Waals surface area contributed by atoms with Gasteiger partial charge in [-0.1, -0.05) is 0 Å². The lowest BCUT2D eigenvalue weighted by Gasteiger charge is -2.38. The molecule has 0 spiro atoms. The Morgan fingerprint density at radius 3 is 1.50 bits per heavy atom. The molecule has 2 saturated heterocycles. The van der Waals surface area contributed by atoms with Crippen molar-refractivity contribution in [2.45, 2.75) is 38.1 Å². The minimum atomic E-state index is 0.200. The Morgan fingerprint density at radius 2 is 1.14 bits per heavy atom. The molecule has 3 rings (SSSR count). The van der Waals surface area contributed by atoms with Crippen molar-refractivity contribution >= 4 is 0 Å². The summed E-state index contributed by atoms with van der Waals surface area (Å²) >= 11 is 0. The Hall–Kier alpha value is -0.240. The first kappa shape index (κ1) is 16.6. The Kier molecular flexibility index (Phi) is 6.07. The van der Waals surface area contributed by atoms with E-state index in [1.54, 1.807) is 0 Å². The second-order valence-electron chi connectivity index (χ2n) is 6.72. The van der Waals surface area contributed by atoms with Gasteiger partial charge in [0.05, 0.1) is 26.4 Å². The molecule has 2 aliphatic heterocycles. The number of rotatable bonds is 6. The van der Waals surface area contributed by atoms with Crippen LogP contribution in [0.5, 0.6) is 0 Å². The van der Waals surface area contributed by atoms with Crippen LogP contribution in [-0.2, 0) is 9.47 Å². The topological polar surface area (TPSA) is 65.4 Å². The molecule has 0 aromatic rings. The Balaban J connectivity index is 1.50. The van der Waals surface area contributed by atoms with Crippen molar-refractivity contribution in [3.8, 4) is 0 Å². The maximum atomic E-state index is 9.17. The van der Waals surface area contributed by atoms with Crippen molar-refractivity contribution < 1.29 is 19.7 Å². The minimum absolute atomic E-state index is 0.200. The molecule has 3 aliphatic rings. The second kappa shape index (κ2) is 8.04. The number of aliphatic hydroxyl groups excluding tert-OH is 2. The summed E-state index contributed by atoms with van der Waals surface area (Å²) in [6, 6.07) is 0. The molecule has 2 heterocycles. The van der Waals surface area contributed by atoms with E-state index in [0.717, 1.165) is 39.4 Å². The lowest BCUT2D eigenvalue weighted by atomic mass is 9.80. The molecule has 0 radical (unpaired) electrons. The van der Waals surface area contributed by atoms with Crippen LogP contribution < -0.4 is 0 Å². The van der Waals surface area contributed by atoms with Crippen LogP contribution in [0.1, 0.15) is 25.7 Å². The highest BCUT2D eigenvalue weighted by Crippen LogP contribution is 2.38. The fourth-order valence-corrected chi connectivity index (χ4v) is 4.37. The number of β-amino-alcohol motifs (C(OH)–C–C–N with tert-alkyl or cyclic N) is 2. The van der Waals surface area contributed by atoms with Crippen LogP contribution in [0.4, 0.5) is 0 Å². The van der Waals surface area contributed by atoms with Gasteiger partial charge in [-0.3, -0.25) is 9.80 Å². The number of nitrogens with zero attached hydrogens (tertiary/aromatic N) is 2. The largest absolute Gasteiger partial charge is 0.395 e. The average Bonchev–Trinajstić information content (AvgIpc) is 3.18. The summed E-state index contributed by atoms with van der Waals surface area (Å²) in [6.45, 7) is 5.34. The molecule has 2 N–H and O–H groups in total. The average molecular weight is 314 g/mol. The van der Waals surface area contributed by atoms with Crippen molar-refractivity contribution in [2.75, 3.05) is 52.6 Å². The third-order valence-electron chi connectivity index (χ3n) is 5.45. The van der Waals surface area contributed by atoms with E-state index in [9.17, 15) is 0 Å². The van der Waals surface area contributed by atoms with Gasteiger partial charge in [-0.05, 0) is 37.5 Å². The lowest BCUT2D eigenvalue weighted by molar-refractivity contribution is -0.0645. The van der Waals surface area contributed by atoms with Crippen LogP contribution >= 0.6 is 0 Å². The fourth-order valence-electron chi connectivity index (χ4n) is 4.37. The molecule has 0 amide bonds. The first-order chi connectivity index (χ1) is 10.8. The summed E-state index contributed by atoms with van der Waals surface area (Å²) in [5.74, 6) is 1.16. The van der Waals surface area contributed by atoms with Gasteiger partial charge in [0.15, 0.2) is 0 Å². The maximum Gasteiger partial charge on any atom is 0.113 e. The summed E-state index contributed by atoms with van der Waals surface area (Å²) in [5.41, 5.74) is 0. The maximum absolute atomic E-state index is 9.17. The highest BCUT2D eigenvalue weighted by atomic mass is 16.5. The third-order valence-corrected chi connectivity index (χ3v) is 5.45. The summed E-state index contributed by atoms with van der Waals surface area (Å²) in [6.07, 6.45) is 5.08. The second-order valence-corrected chi connectivity index (χ2v) is 6.72. The summed E-state index contributed by atoms with van der Waals surface area (Å²) < 4.78 is 11.8. The molecule has 22 heavy (non-hydrogen) atoms. The first-order valence-corrected chi connectivity index (χ1v) is 8.76. The SMILES string of the molecule is OCCN1CCOC1C1CCC(C2OCCN2CCO)CC1. The van der Waals surface area contributed by atoms with E-state index in [1.807, 2.05) is 0 Å². The van der Waals surface area contributed by atoms with Crippen molar-refractivity contribution in [3.05, 3.63) is 0 Å². The van der Waals surface area contributed by atoms with Crippen molar-refractivity contribution in [3.63, 3.8) is 0 Å². The van der Waals surface area contributed by atoms with Crippen LogP contribution in [0.15, 0.2) is 0 Å². The van der Waals surface area contributed by atoms with Crippen LogP contribution in [0.3, 0.4) is 0 Å². The number of hydrogen-bond acceptors (Lipinski definition) is 6. The zero-order chi connectivity index (χ0) is 15.4. The van der Waals surface area contributed by atoms with Gasteiger partial charge in [-0.25, -0.2) is 0 Å². The van der Waals surface area contributed by atoms with Crippen LogP contribution in [0.25, 0.3) is 0 Å². The molecule has 0 bridgehead atoms. The van der Waals surface area contributed by atoms with E-state index >= 15 is 0 Å². The zero-order valence-corrected chi connectivity index (χ0v) is 13.4. The van der Waals surface area contributed by atoms with Crippen molar-refractivity contribution in [2.24, 2.45) is 11.8 Å². The molecule has 2 atom stereocenters. The predicted molar refractivity (Wildman–Crippen MR) is 82.2 cm³/mol. The highest BCUT2D eigenvalue weighted by Gasteiger charge is 2.39. The Bertz CT molecular complexity index is 304.